The lowest BCUT2D eigenvalue weighted by atomic mass is 10.2. The Morgan fingerprint density at radius 2 is 1.54 bits per heavy atom. The average molecular weight is 245 g/mol. The van der Waals surface area contributed by atoms with E-state index in [-0.39, 0.29) is 4.75 Å². The molecule has 13 heavy (non-hydrogen) atoms. The van der Waals surface area contributed by atoms with Gasteiger partial charge in [0, 0.05) is 4.75 Å². The topological polar surface area (TPSA) is 26.3 Å². The first-order valence-corrected chi connectivity index (χ1v) is 8.08. The normalized spacial score (nSPS) is 18.4. The fourth-order valence-electron chi connectivity index (χ4n) is 0.673. The van der Waals surface area contributed by atoms with E-state index in [1.165, 1.54) is 11.4 Å². The predicted octanol–water partition coefficient (Wildman–Crippen LogP) is 4.68. The lowest BCUT2D eigenvalue weighted by Gasteiger charge is -2.26. The molecule has 1 unspecified atom stereocenters. The van der Waals surface area contributed by atoms with Gasteiger partial charge >= 0.3 is 5.92 Å². The molecule has 0 saturated heterocycles. The van der Waals surface area contributed by atoms with Crippen molar-refractivity contribution in [2.45, 2.75) is 51.9 Å². The van der Waals surface area contributed by atoms with Crippen LogP contribution in [0, 0.1) is 0 Å². The van der Waals surface area contributed by atoms with E-state index in [1.54, 1.807) is 0 Å². The molecule has 0 bridgehead atoms. The van der Waals surface area contributed by atoms with Crippen molar-refractivity contribution in [1.82, 2.24) is 0 Å². The molecule has 1 atom stereocenters. The zero-order valence-electron chi connectivity index (χ0n) is 9.05. The largest absolute Gasteiger partial charge is 0.347 e. The van der Waals surface area contributed by atoms with Crippen LogP contribution in [0.25, 0.3) is 0 Å². The summed E-state index contributed by atoms with van der Waals surface area (Å²) in [7, 11) is 0. The molecule has 0 radical (unpaired) electrons. The van der Waals surface area contributed by atoms with Gasteiger partial charge in [-0.3, -0.25) is 4.57 Å². The minimum atomic E-state index is -3.05. The van der Waals surface area contributed by atoms with E-state index >= 15 is 0 Å². The highest BCUT2D eigenvalue weighted by atomic mass is 35.7. The van der Waals surface area contributed by atoms with E-state index in [0.717, 1.165) is 0 Å². The van der Waals surface area contributed by atoms with Gasteiger partial charge in [0.1, 0.15) is 0 Å². The fraction of sp³-hybridized carbons (Fsp3) is 1.00. The smallest absolute Gasteiger partial charge is 0.304 e. The summed E-state index contributed by atoms with van der Waals surface area (Å²) in [5.74, 6) is -3.05. The number of hydrogen-bond acceptors (Lipinski definition) is 3. The molecule has 0 amide bonds. The molecule has 0 aliphatic rings. The van der Waals surface area contributed by atoms with E-state index in [0.29, 0.717) is 0 Å². The summed E-state index contributed by atoms with van der Waals surface area (Å²) in [6.07, 6.45) is 0. The fourth-order valence-corrected chi connectivity index (χ4v) is 7.25. The lowest BCUT2D eigenvalue weighted by molar-refractivity contribution is 0.146. The summed E-state index contributed by atoms with van der Waals surface area (Å²) >= 11 is 6.99. The van der Waals surface area contributed by atoms with E-state index in [2.05, 4.69) is 0 Å². The SMILES string of the molecule is CC(C)(C)OP(=O)(Cl)SC(C)(C)C. The summed E-state index contributed by atoms with van der Waals surface area (Å²) in [5.41, 5.74) is -0.463. The maximum atomic E-state index is 11.8. The highest BCUT2D eigenvalue weighted by Gasteiger charge is 2.32. The molecule has 0 aromatic heterocycles. The van der Waals surface area contributed by atoms with Gasteiger partial charge in [-0.05, 0) is 43.4 Å². The standard InChI is InChI=1S/C8H18ClO2PS/c1-7(2,3)11-12(9,10)13-8(4,5)6/h1-6H3. The third-order valence-corrected chi connectivity index (χ3v) is 5.65. The molecule has 0 spiro atoms. The molecule has 0 fully saturated rings. The van der Waals surface area contributed by atoms with Crippen molar-refractivity contribution < 1.29 is 9.09 Å². The molecule has 0 heterocycles. The molecule has 0 N–H and O–H groups in total. The first kappa shape index (κ1) is 13.8. The quantitative estimate of drug-likeness (QED) is 0.660. The number of halogens is 1. The van der Waals surface area contributed by atoms with Crippen LogP contribution in [0.1, 0.15) is 41.5 Å². The van der Waals surface area contributed by atoms with E-state index in [4.69, 9.17) is 15.8 Å². The highest BCUT2D eigenvalue weighted by molar-refractivity contribution is 8.64. The highest BCUT2D eigenvalue weighted by Crippen LogP contribution is 2.69. The van der Waals surface area contributed by atoms with Crippen LogP contribution in [-0.4, -0.2) is 10.3 Å². The van der Waals surface area contributed by atoms with E-state index in [1.807, 2.05) is 41.5 Å². The second kappa shape index (κ2) is 4.14. The minimum absolute atomic E-state index is 0.150. The third-order valence-electron chi connectivity index (χ3n) is 0.766. The maximum absolute atomic E-state index is 11.8. The van der Waals surface area contributed by atoms with E-state index in [9.17, 15) is 4.57 Å². The van der Waals surface area contributed by atoms with Gasteiger partial charge in [0.15, 0.2) is 0 Å². The molecule has 5 heteroatoms. The summed E-state index contributed by atoms with van der Waals surface area (Å²) in [6, 6.07) is 0. The minimum Gasteiger partial charge on any atom is -0.304 e. The maximum Gasteiger partial charge on any atom is 0.347 e. The Morgan fingerprint density at radius 3 is 1.77 bits per heavy atom. The van der Waals surface area contributed by atoms with Gasteiger partial charge in [0.05, 0.1) is 5.60 Å². The zero-order valence-corrected chi connectivity index (χ0v) is 11.5. The predicted molar refractivity (Wildman–Crippen MR) is 61.6 cm³/mol. The van der Waals surface area contributed by atoms with Crippen molar-refractivity contribution in [2.24, 2.45) is 0 Å². The molecule has 0 aromatic rings. The molecular formula is C8H18ClO2PS. The van der Waals surface area contributed by atoms with Crippen LogP contribution in [0.15, 0.2) is 0 Å². The Labute approximate surface area is 89.8 Å². The number of hydrogen-bond donors (Lipinski definition) is 0. The van der Waals surface area contributed by atoms with Crippen molar-refractivity contribution in [1.29, 1.82) is 0 Å². The van der Waals surface area contributed by atoms with Crippen LogP contribution in [0.5, 0.6) is 0 Å². The second-order valence-corrected chi connectivity index (χ2v) is 11.2. The van der Waals surface area contributed by atoms with Gasteiger partial charge in [0.25, 0.3) is 0 Å². The van der Waals surface area contributed by atoms with Crippen molar-refractivity contribution in [3.8, 4) is 0 Å². The summed E-state index contributed by atoms with van der Waals surface area (Å²) in [6.45, 7) is 11.4. The molecule has 0 aliphatic carbocycles. The molecule has 2 nitrogen and oxygen atoms in total. The van der Waals surface area contributed by atoms with Crippen molar-refractivity contribution in [3.63, 3.8) is 0 Å². The third kappa shape index (κ3) is 9.14. The van der Waals surface area contributed by atoms with Gasteiger partial charge in [-0.2, -0.15) is 0 Å². The summed E-state index contributed by atoms with van der Waals surface area (Å²) < 4.78 is 16.9. The van der Waals surface area contributed by atoms with Crippen molar-refractivity contribution in [3.05, 3.63) is 0 Å². The molecule has 0 rings (SSSR count). The van der Waals surface area contributed by atoms with Crippen LogP contribution >= 0.6 is 28.5 Å². The second-order valence-electron chi connectivity index (χ2n) is 4.84. The Bertz CT molecular complexity index is 197. The molecule has 80 valence electrons. The van der Waals surface area contributed by atoms with Crippen LogP contribution in [-0.2, 0) is 9.09 Å². The van der Waals surface area contributed by atoms with Crippen LogP contribution in [0.4, 0.5) is 0 Å². The van der Waals surface area contributed by atoms with Crippen LogP contribution in [0.3, 0.4) is 0 Å². The number of rotatable bonds is 2. The first-order chi connectivity index (χ1) is 5.41. The van der Waals surface area contributed by atoms with Crippen LogP contribution in [0.2, 0.25) is 0 Å². The van der Waals surface area contributed by atoms with Gasteiger partial charge in [-0.15, -0.1) is 0 Å². The van der Waals surface area contributed by atoms with Gasteiger partial charge < -0.3 is 4.52 Å². The summed E-state index contributed by atoms with van der Waals surface area (Å²) in [5, 5.41) is 0. The summed E-state index contributed by atoms with van der Waals surface area (Å²) in [4.78, 5) is 0. The molecule has 0 aliphatic heterocycles. The molecule has 0 saturated carbocycles. The van der Waals surface area contributed by atoms with Gasteiger partial charge in [0.2, 0.25) is 0 Å². The van der Waals surface area contributed by atoms with E-state index < -0.39 is 11.5 Å². The van der Waals surface area contributed by atoms with Crippen molar-refractivity contribution in [2.75, 3.05) is 0 Å². The van der Waals surface area contributed by atoms with Crippen LogP contribution < -0.4 is 0 Å². The Kier molecular flexibility index (Phi) is 4.40. The monoisotopic (exact) mass is 244 g/mol. The van der Waals surface area contributed by atoms with Gasteiger partial charge in [-0.1, -0.05) is 20.8 Å². The Balaban J connectivity index is 4.35. The van der Waals surface area contributed by atoms with Gasteiger partial charge in [-0.25, -0.2) is 0 Å². The average Bonchev–Trinajstić information content (AvgIpc) is 1.43. The van der Waals surface area contributed by atoms with Crippen molar-refractivity contribution >= 4 is 28.5 Å². The Hall–Kier alpha value is 0.830. The lowest BCUT2D eigenvalue weighted by Crippen LogP contribution is -2.17. The first-order valence-electron chi connectivity index (χ1n) is 4.13. The molecule has 0 aromatic carbocycles. The zero-order chi connectivity index (χ0) is 10.9. The Morgan fingerprint density at radius 1 is 1.15 bits per heavy atom. The molecular weight excluding hydrogens is 227 g/mol.